The molecule has 1 fully saturated rings. The van der Waals surface area contributed by atoms with Crippen molar-refractivity contribution in [3.05, 3.63) is 35.4 Å². The molecular weight excluding hydrogens is 335 g/mol. The summed E-state index contributed by atoms with van der Waals surface area (Å²) in [5, 5.41) is 3.34. The normalized spacial score (nSPS) is 18.0. The highest BCUT2D eigenvalue weighted by Gasteiger charge is 2.38. The number of hydrogen-bond donors (Lipinski definition) is 1. The monoisotopic (exact) mass is 349 g/mol. The third-order valence-electron chi connectivity index (χ3n) is 3.67. The molecule has 2 rings (SSSR count). The van der Waals surface area contributed by atoms with Crippen LogP contribution in [-0.4, -0.2) is 16.8 Å². The Morgan fingerprint density at radius 2 is 1.85 bits per heavy atom. The van der Waals surface area contributed by atoms with Crippen molar-refractivity contribution in [2.45, 2.75) is 37.4 Å². The lowest BCUT2D eigenvalue weighted by atomic mass is 9.98. The van der Waals surface area contributed by atoms with Crippen LogP contribution in [0.4, 0.5) is 13.2 Å². The van der Waals surface area contributed by atoms with E-state index in [0.29, 0.717) is 5.33 Å². The summed E-state index contributed by atoms with van der Waals surface area (Å²) in [7, 11) is 0. The molecule has 0 saturated heterocycles. The van der Waals surface area contributed by atoms with Crippen LogP contribution in [0.1, 0.15) is 41.6 Å². The zero-order valence-electron chi connectivity index (χ0n) is 10.8. The molecule has 0 atom stereocenters. The smallest absolute Gasteiger partial charge is 0.346 e. The molecule has 1 saturated carbocycles. The Balaban J connectivity index is 2.26. The first-order valence-electron chi connectivity index (χ1n) is 6.43. The molecule has 1 aromatic carbocycles. The minimum absolute atomic E-state index is 0.313. The third kappa shape index (κ3) is 3.16. The molecule has 1 aliphatic carbocycles. The molecule has 1 aromatic rings. The van der Waals surface area contributed by atoms with Crippen LogP contribution in [0.5, 0.6) is 0 Å². The molecule has 0 spiro atoms. The minimum Gasteiger partial charge on any atom is -0.346 e. The highest BCUT2D eigenvalue weighted by Crippen LogP contribution is 2.34. The highest BCUT2D eigenvalue weighted by molar-refractivity contribution is 9.09. The van der Waals surface area contributed by atoms with Gasteiger partial charge in [-0.25, -0.2) is 0 Å². The standard InChI is InChI=1S/C14H15BrF3NO/c15-9-13(7-3-4-8-13)19-12(20)10-5-1-2-6-11(10)14(16,17)18/h1-2,5-6H,3-4,7-9H2,(H,19,20). The van der Waals surface area contributed by atoms with Gasteiger partial charge in [-0.15, -0.1) is 0 Å². The second-order valence-electron chi connectivity index (χ2n) is 5.12. The van der Waals surface area contributed by atoms with E-state index in [-0.39, 0.29) is 5.56 Å². The maximum Gasteiger partial charge on any atom is 0.417 e. The van der Waals surface area contributed by atoms with Gasteiger partial charge in [-0.1, -0.05) is 40.9 Å². The Kier molecular flexibility index (Phi) is 4.42. The fourth-order valence-electron chi connectivity index (χ4n) is 2.58. The molecule has 2 nitrogen and oxygen atoms in total. The second kappa shape index (κ2) is 5.76. The van der Waals surface area contributed by atoms with Gasteiger partial charge < -0.3 is 5.32 Å². The van der Waals surface area contributed by atoms with Crippen LogP contribution in [0.3, 0.4) is 0 Å². The van der Waals surface area contributed by atoms with Crippen LogP contribution < -0.4 is 5.32 Å². The Bertz CT molecular complexity index is 495. The van der Waals surface area contributed by atoms with Crippen LogP contribution in [0.25, 0.3) is 0 Å². The van der Waals surface area contributed by atoms with E-state index in [1.54, 1.807) is 0 Å². The van der Waals surface area contributed by atoms with Crippen LogP contribution in [-0.2, 0) is 6.18 Å². The SMILES string of the molecule is O=C(NC1(CBr)CCCC1)c1ccccc1C(F)(F)F. The molecule has 0 heterocycles. The first-order chi connectivity index (χ1) is 9.38. The topological polar surface area (TPSA) is 29.1 Å². The maximum atomic E-state index is 12.9. The lowest BCUT2D eigenvalue weighted by Crippen LogP contribution is -2.48. The number of hydrogen-bond acceptors (Lipinski definition) is 1. The summed E-state index contributed by atoms with van der Waals surface area (Å²) in [5.74, 6) is -0.653. The Morgan fingerprint density at radius 3 is 2.40 bits per heavy atom. The van der Waals surface area contributed by atoms with Crippen molar-refractivity contribution in [3.63, 3.8) is 0 Å². The molecule has 0 bridgehead atoms. The molecule has 0 radical (unpaired) electrons. The van der Waals surface area contributed by atoms with Crippen molar-refractivity contribution >= 4 is 21.8 Å². The summed E-state index contributed by atoms with van der Waals surface area (Å²) in [6.45, 7) is 0. The number of benzene rings is 1. The van der Waals surface area contributed by atoms with Crippen LogP contribution >= 0.6 is 15.9 Å². The van der Waals surface area contributed by atoms with E-state index in [2.05, 4.69) is 21.2 Å². The summed E-state index contributed by atoms with van der Waals surface area (Å²) in [6.07, 6.45) is -0.985. The lowest BCUT2D eigenvalue weighted by molar-refractivity contribution is -0.137. The van der Waals surface area contributed by atoms with Crippen molar-refractivity contribution in [2.75, 3.05) is 5.33 Å². The molecule has 1 aliphatic rings. The van der Waals surface area contributed by atoms with E-state index < -0.39 is 23.2 Å². The van der Waals surface area contributed by atoms with E-state index in [1.807, 2.05) is 0 Å². The number of nitrogens with one attached hydrogen (secondary N) is 1. The van der Waals surface area contributed by atoms with Gasteiger partial charge in [0.2, 0.25) is 0 Å². The Hall–Kier alpha value is -1.04. The predicted molar refractivity (Wildman–Crippen MR) is 73.9 cm³/mol. The zero-order valence-corrected chi connectivity index (χ0v) is 12.4. The molecule has 1 N–H and O–H groups in total. The van der Waals surface area contributed by atoms with Crippen LogP contribution in [0.15, 0.2) is 24.3 Å². The quantitative estimate of drug-likeness (QED) is 0.816. The van der Waals surface area contributed by atoms with Gasteiger partial charge in [0, 0.05) is 5.33 Å². The molecule has 110 valence electrons. The van der Waals surface area contributed by atoms with Crippen LogP contribution in [0.2, 0.25) is 0 Å². The summed E-state index contributed by atoms with van der Waals surface area (Å²) in [5.41, 5.74) is -1.62. The molecule has 0 unspecified atom stereocenters. The summed E-state index contributed by atoms with van der Waals surface area (Å²) in [6, 6.07) is 4.88. The van der Waals surface area contributed by atoms with Gasteiger partial charge in [0.1, 0.15) is 0 Å². The average molecular weight is 350 g/mol. The van der Waals surface area contributed by atoms with Gasteiger partial charge in [0.05, 0.1) is 16.7 Å². The summed E-state index contributed by atoms with van der Waals surface area (Å²) >= 11 is 3.36. The molecule has 6 heteroatoms. The number of halogens is 4. The number of rotatable bonds is 3. The van der Waals surface area contributed by atoms with E-state index >= 15 is 0 Å². The molecular formula is C14H15BrF3NO. The first kappa shape index (κ1) is 15.4. The zero-order chi connectivity index (χ0) is 14.8. The molecule has 1 amide bonds. The largest absolute Gasteiger partial charge is 0.417 e. The van der Waals surface area contributed by atoms with E-state index in [9.17, 15) is 18.0 Å². The number of carbonyl (C=O) groups is 1. The van der Waals surface area contributed by atoms with Crippen molar-refractivity contribution < 1.29 is 18.0 Å². The Labute approximate surface area is 123 Å². The van der Waals surface area contributed by atoms with E-state index in [4.69, 9.17) is 0 Å². The highest BCUT2D eigenvalue weighted by atomic mass is 79.9. The number of amides is 1. The van der Waals surface area contributed by atoms with Gasteiger partial charge in [-0.2, -0.15) is 13.2 Å². The second-order valence-corrected chi connectivity index (χ2v) is 5.68. The molecule has 0 aromatic heterocycles. The van der Waals surface area contributed by atoms with Crippen molar-refractivity contribution in [2.24, 2.45) is 0 Å². The summed E-state index contributed by atoms with van der Waals surface area (Å²) < 4.78 is 38.7. The average Bonchev–Trinajstić information content (AvgIpc) is 2.87. The fraction of sp³-hybridized carbons (Fsp3) is 0.500. The number of alkyl halides is 4. The van der Waals surface area contributed by atoms with Gasteiger partial charge >= 0.3 is 6.18 Å². The fourth-order valence-corrected chi connectivity index (χ4v) is 3.28. The van der Waals surface area contributed by atoms with Crippen molar-refractivity contribution in [1.29, 1.82) is 0 Å². The predicted octanol–water partition coefficient (Wildman–Crippen LogP) is 4.14. The van der Waals surface area contributed by atoms with Gasteiger partial charge in [0.15, 0.2) is 0 Å². The number of carbonyl (C=O) groups excluding carboxylic acids is 1. The van der Waals surface area contributed by atoms with E-state index in [1.165, 1.54) is 18.2 Å². The molecule has 20 heavy (non-hydrogen) atoms. The molecule has 0 aliphatic heterocycles. The van der Waals surface area contributed by atoms with E-state index in [0.717, 1.165) is 31.7 Å². The van der Waals surface area contributed by atoms with Gasteiger partial charge in [0.25, 0.3) is 5.91 Å². The third-order valence-corrected chi connectivity index (χ3v) is 4.75. The summed E-state index contributed by atoms with van der Waals surface area (Å²) in [4.78, 5) is 12.2. The minimum atomic E-state index is -4.52. The van der Waals surface area contributed by atoms with Crippen molar-refractivity contribution in [3.8, 4) is 0 Å². The first-order valence-corrected chi connectivity index (χ1v) is 7.55. The van der Waals surface area contributed by atoms with Crippen LogP contribution in [0, 0.1) is 0 Å². The maximum absolute atomic E-state index is 12.9. The Morgan fingerprint density at radius 1 is 1.25 bits per heavy atom. The lowest BCUT2D eigenvalue weighted by Gasteiger charge is -2.28. The van der Waals surface area contributed by atoms with Crippen molar-refractivity contribution in [1.82, 2.24) is 5.32 Å². The van der Waals surface area contributed by atoms with Gasteiger partial charge in [-0.05, 0) is 25.0 Å². The van der Waals surface area contributed by atoms with Gasteiger partial charge in [-0.3, -0.25) is 4.79 Å².